The molecule has 19 heavy (non-hydrogen) atoms. The molecule has 1 unspecified atom stereocenters. The molecule has 1 saturated heterocycles. The topological polar surface area (TPSA) is 49.7 Å². The Kier molecular flexibility index (Phi) is 5.70. The van der Waals surface area contributed by atoms with Crippen LogP contribution in [0.1, 0.15) is 25.7 Å². The highest BCUT2D eigenvalue weighted by atomic mass is 32.2. The SMILES string of the molecule is OCCCC(O)C1(Sc2ccccc2)CCOCC1. The lowest BCUT2D eigenvalue weighted by Crippen LogP contribution is -2.44. The summed E-state index contributed by atoms with van der Waals surface area (Å²) < 4.78 is 5.27. The first-order valence-corrected chi connectivity index (χ1v) is 7.69. The fourth-order valence-corrected chi connectivity index (χ4v) is 3.88. The fraction of sp³-hybridized carbons (Fsp3) is 0.600. The summed E-state index contributed by atoms with van der Waals surface area (Å²) >= 11 is 1.76. The third-order valence-corrected chi connectivity index (χ3v) is 5.24. The molecule has 2 N–H and O–H groups in total. The molecule has 1 aromatic carbocycles. The van der Waals surface area contributed by atoms with Gasteiger partial charge in [0.15, 0.2) is 0 Å². The Labute approximate surface area is 119 Å². The van der Waals surface area contributed by atoms with E-state index in [0.717, 1.165) is 12.8 Å². The number of rotatable bonds is 6. The maximum Gasteiger partial charge on any atom is 0.0693 e. The van der Waals surface area contributed by atoms with Crippen LogP contribution >= 0.6 is 11.8 Å². The van der Waals surface area contributed by atoms with Crippen LogP contribution in [0.25, 0.3) is 0 Å². The summed E-state index contributed by atoms with van der Waals surface area (Å²) in [4.78, 5) is 1.19. The number of ether oxygens (including phenoxy) is 1. The van der Waals surface area contributed by atoms with E-state index in [9.17, 15) is 5.11 Å². The van der Waals surface area contributed by atoms with E-state index in [1.54, 1.807) is 11.8 Å². The number of hydrogen-bond donors (Lipinski definition) is 2. The molecule has 1 heterocycles. The van der Waals surface area contributed by atoms with Crippen LogP contribution in [-0.4, -0.2) is 40.9 Å². The van der Waals surface area contributed by atoms with Crippen LogP contribution in [0.2, 0.25) is 0 Å². The molecule has 106 valence electrons. The lowest BCUT2D eigenvalue weighted by molar-refractivity contribution is 0.0203. The first-order chi connectivity index (χ1) is 9.27. The second-order valence-corrected chi connectivity index (χ2v) is 6.46. The Morgan fingerprint density at radius 3 is 2.53 bits per heavy atom. The van der Waals surface area contributed by atoms with Crippen molar-refractivity contribution in [3.8, 4) is 0 Å². The Bertz CT molecular complexity index is 363. The average molecular weight is 282 g/mol. The van der Waals surface area contributed by atoms with Crippen molar-refractivity contribution in [2.45, 2.75) is 41.4 Å². The smallest absolute Gasteiger partial charge is 0.0693 e. The summed E-state index contributed by atoms with van der Waals surface area (Å²) in [5.74, 6) is 0. The van der Waals surface area contributed by atoms with Crippen LogP contribution in [0, 0.1) is 0 Å². The molecule has 0 spiro atoms. The average Bonchev–Trinajstić information content (AvgIpc) is 2.46. The Hall–Kier alpha value is -0.550. The van der Waals surface area contributed by atoms with Crippen LogP contribution < -0.4 is 0 Å². The van der Waals surface area contributed by atoms with Gasteiger partial charge in [0.1, 0.15) is 0 Å². The molecular formula is C15H22O3S. The van der Waals surface area contributed by atoms with Gasteiger partial charge in [-0.1, -0.05) is 18.2 Å². The van der Waals surface area contributed by atoms with Gasteiger partial charge in [-0.15, -0.1) is 11.8 Å². The van der Waals surface area contributed by atoms with Crippen molar-refractivity contribution in [3.63, 3.8) is 0 Å². The predicted octanol–water partition coefficient (Wildman–Crippen LogP) is 2.46. The van der Waals surface area contributed by atoms with Crippen molar-refractivity contribution in [2.75, 3.05) is 19.8 Å². The van der Waals surface area contributed by atoms with E-state index in [4.69, 9.17) is 9.84 Å². The lowest BCUT2D eigenvalue weighted by atomic mass is 9.90. The molecule has 0 amide bonds. The molecule has 0 aromatic heterocycles. The largest absolute Gasteiger partial charge is 0.396 e. The maximum atomic E-state index is 10.5. The van der Waals surface area contributed by atoms with Gasteiger partial charge >= 0.3 is 0 Å². The molecule has 4 heteroatoms. The zero-order valence-corrected chi connectivity index (χ0v) is 11.9. The Morgan fingerprint density at radius 2 is 1.89 bits per heavy atom. The van der Waals surface area contributed by atoms with Crippen molar-refractivity contribution in [1.82, 2.24) is 0 Å². The third kappa shape index (κ3) is 3.96. The summed E-state index contributed by atoms with van der Waals surface area (Å²) in [6.45, 7) is 1.55. The van der Waals surface area contributed by atoms with E-state index < -0.39 is 6.10 Å². The molecule has 1 fully saturated rings. The minimum atomic E-state index is -0.395. The maximum absolute atomic E-state index is 10.5. The summed E-state index contributed by atoms with van der Waals surface area (Å²) in [7, 11) is 0. The highest BCUT2D eigenvalue weighted by Gasteiger charge is 2.40. The van der Waals surface area contributed by atoms with Gasteiger partial charge in [0.25, 0.3) is 0 Å². The quantitative estimate of drug-likeness (QED) is 0.841. The monoisotopic (exact) mass is 282 g/mol. The number of thioether (sulfide) groups is 1. The van der Waals surface area contributed by atoms with Crippen LogP contribution in [0.5, 0.6) is 0 Å². The molecular weight excluding hydrogens is 260 g/mol. The number of aliphatic hydroxyl groups excluding tert-OH is 2. The van der Waals surface area contributed by atoms with E-state index in [-0.39, 0.29) is 11.4 Å². The Balaban J connectivity index is 2.09. The van der Waals surface area contributed by atoms with Crippen molar-refractivity contribution >= 4 is 11.8 Å². The number of aliphatic hydroxyl groups is 2. The van der Waals surface area contributed by atoms with Crippen LogP contribution in [0.3, 0.4) is 0 Å². The highest BCUT2D eigenvalue weighted by molar-refractivity contribution is 8.00. The molecule has 0 aliphatic carbocycles. The molecule has 0 saturated carbocycles. The van der Waals surface area contributed by atoms with Crippen molar-refractivity contribution in [1.29, 1.82) is 0 Å². The van der Waals surface area contributed by atoms with Gasteiger partial charge in [-0.05, 0) is 37.8 Å². The van der Waals surface area contributed by atoms with E-state index in [2.05, 4.69) is 12.1 Å². The molecule has 1 aliphatic rings. The standard InChI is InChI=1S/C15H22O3S/c16-10-4-7-14(17)15(8-11-18-12-9-15)19-13-5-2-1-3-6-13/h1-3,5-6,14,16-17H,4,7-12H2. The molecule has 1 atom stereocenters. The van der Waals surface area contributed by atoms with Crippen LogP contribution in [-0.2, 0) is 4.74 Å². The number of benzene rings is 1. The van der Waals surface area contributed by atoms with Gasteiger partial charge < -0.3 is 14.9 Å². The molecule has 2 rings (SSSR count). The first kappa shape index (κ1) is 14.9. The van der Waals surface area contributed by atoms with Gasteiger partial charge in [0.05, 0.1) is 10.9 Å². The van der Waals surface area contributed by atoms with Crippen molar-refractivity contribution in [3.05, 3.63) is 30.3 Å². The lowest BCUT2D eigenvalue weighted by Gasteiger charge is -2.40. The predicted molar refractivity (Wildman–Crippen MR) is 77.4 cm³/mol. The third-order valence-electron chi connectivity index (χ3n) is 3.65. The van der Waals surface area contributed by atoms with Crippen LogP contribution in [0.4, 0.5) is 0 Å². The van der Waals surface area contributed by atoms with Gasteiger partial charge in [-0.3, -0.25) is 0 Å². The van der Waals surface area contributed by atoms with Gasteiger partial charge in [-0.25, -0.2) is 0 Å². The first-order valence-electron chi connectivity index (χ1n) is 6.87. The highest BCUT2D eigenvalue weighted by Crippen LogP contribution is 2.44. The fourth-order valence-electron chi connectivity index (χ4n) is 2.49. The molecule has 0 radical (unpaired) electrons. The number of hydrogen-bond acceptors (Lipinski definition) is 4. The van der Waals surface area contributed by atoms with E-state index in [0.29, 0.717) is 26.1 Å². The molecule has 3 nitrogen and oxygen atoms in total. The van der Waals surface area contributed by atoms with Gasteiger partial charge in [-0.2, -0.15) is 0 Å². The van der Waals surface area contributed by atoms with Crippen molar-refractivity contribution < 1.29 is 14.9 Å². The normalized spacial score (nSPS) is 20.1. The minimum absolute atomic E-state index is 0.139. The van der Waals surface area contributed by atoms with Crippen LogP contribution in [0.15, 0.2) is 35.2 Å². The zero-order chi connectivity index (χ0) is 13.6. The van der Waals surface area contributed by atoms with E-state index in [1.807, 2.05) is 18.2 Å². The van der Waals surface area contributed by atoms with Gasteiger partial charge in [0, 0.05) is 24.7 Å². The zero-order valence-electron chi connectivity index (χ0n) is 11.1. The van der Waals surface area contributed by atoms with E-state index >= 15 is 0 Å². The van der Waals surface area contributed by atoms with E-state index in [1.165, 1.54) is 4.90 Å². The second-order valence-electron chi connectivity index (χ2n) is 4.97. The molecule has 1 aromatic rings. The van der Waals surface area contributed by atoms with Crippen molar-refractivity contribution in [2.24, 2.45) is 0 Å². The summed E-state index contributed by atoms with van der Waals surface area (Å²) in [6, 6.07) is 10.2. The summed E-state index contributed by atoms with van der Waals surface area (Å²) in [5.41, 5.74) is 0. The van der Waals surface area contributed by atoms with Gasteiger partial charge in [0.2, 0.25) is 0 Å². The summed E-state index contributed by atoms with van der Waals surface area (Å²) in [5, 5.41) is 19.5. The molecule has 1 aliphatic heterocycles. The Morgan fingerprint density at radius 1 is 1.21 bits per heavy atom. The summed E-state index contributed by atoms with van der Waals surface area (Å²) in [6.07, 6.45) is 2.63. The molecule has 0 bridgehead atoms. The minimum Gasteiger partial charge on any atom is -0.396 e. The second kappa shape index (κ2) is 7.29.